The van der Waals surface area contributed by atoms with Crippen LogP contribution in [-0.4, -0.2) is 22.0 Å². The monoisotopic (exact) mass is 480 g/mol. The van der Waals surface area contributed by atoms with E-state index in [2.05, 4.69) is 11.1 Å². The summed E-state index contributed by atoms with van der Waals surface area (Å²) in [7, 11) is 0. The summed E-state index contributed by atoms with van der Waals surface area (Å²) < 4.78 is 29.2. The Kier molecular flexibility index (Phi) is 7.24. The van der Waals surface area contributed by atoms with Gasteiger partial charge in [-0.1, -0.05) is 42.0 Å². The number of amides is 1. The van der Waals surface area contributed by atoms with Crippen LogP contribution in [0, 0.1) is 11.6 Å². The van der Waals surface area contributed by atoms with Crippen LogP contribution in [0.25, 0.3) is 0 Å². The molecule has 4 rings (SSSR count). The standard InChI is InChI=1S/C26H26F2N4O3/c27-19-11-12-20(21(28)15-19)25(34)31(14-13-17-7-3-1-4-8-17)22-23(29)32(26(35)30-24(22)33)16-18-9-5-2-6-10-18/h2,5-7,9-12,15H,1,3-4,8,13-14,16,29H2,(H,30,33,35). The molecule has 3 N–H and O–H groups in total. The Morgan fingerprint density at radius 3 is 2.54 bits per heavy atom. The molecule has 0 spiro atoms. The summed E-state index contributed by atoms with van der Waals surface area (Å²) in [5.41, 5.74) is 5.96. The molecule has 182 valence electrons. The molecule has 1 aromatic heterocycles. The van der Waals surface area contributed by atoms with Gasteiger partial charge >= 0.3 is 5.69 Å². The predicted molar refractivity (Wildman–Crippen MR) is 130 cm³/mol. The van der Waals surface area contributed by atoms with E-state index in [9.17, 15) is 23.2 Å². The quantitative estimate of drug-likeness (QED) is 0.500. The first-order valence-electron chi connectivity index (χ1n) is 11.5. The first-order valence-corrected chi connectivity index (χ1v) is 11.5. The molecule has 0 radical (unpaired) electrons. The van der Waals surface area contributed by atoms with Gasteiger partial charge < -0.3 is 10.6 Å². The first kappa shape index (κ1) is 24.1. The minimum Gasteiger partial charge on any atom is -0.383 e. The van der Waals surface area contributed by atoms with Crippen LogP contribution in [-0.2, 0) is 6.54 Å². The van der Waals surface area contributed by atoms with Crippen molar-refractivity contribution >= 4 is 17.4 Å². The molecule has 3 aromatic rings. The van der Waals surface area contributed by atoms with Crippen molar-refractivity contribution in [3.63, 3.8) is 0 Å². The minimum atomic E-state index is -1.05. The van der Waals surface area contributed by atoms with Crippen LogP contribution < -0.4 is 21.9 Å². The number of allylic oxidation sites excluding steroid dienone is 1. The van der Waals surface area contributed by atoms with Crippen LogP contribution in [0.4, 0.5) is 20.3 Å². The van der Waals surface area contributed by atoms with Crippen molar-refractivity contribution in [3.8, 4) is 0 Å². The number of aromatic amines is 1. The molecule has 0 saturated carbocycles. The van der Waals surface area contributed by atoms with E-state index in [1.807, 2.05) is 6.07 Å². The minimum absolute atomic E-state index is 0.0400. The fourth-order valence-electron chi connectivity index (χ4n) is 4.27. The van der Waals surface area contributed by atoms with Gasteiger partial charge in [-0.3, -0.25) is 19.1 Å². The van der Waals surface area contributed by atoms with Gasteiger partial charge in [0.1, 0.15) is 17.5 Å². The Morgan fingerprint density at radius 2 is 1.86 bits per heavy atom. The fourth-order valence-corrected chi connectivity index (χ4v) is 4.27. The summed E-state index contributed by atoms with van der Waals surface area (Å²) in [5, 5.41) is 0. The van der Waals surface area contributed by atoms with E-state index < -0.39 is 34.4 Å². The van der Waals surface area contributed by atoms with Crippen molar-refractivity contribution in [1.29, 1.82) is 0 Å². The normalized spacial score (nSPS) is 13.4. The van der Waals surface area contributed by atoms with Gasteiger partial charge in [-0.15, -0.1) is 0 Å². The molecule has 0 aliphatic heterocycles. The van der Waals surface area contributed by atoms with Gasteiger partial charge in [0.15, 0.2) is 5.69 Å². The van der Waals surface area contributed by atoms with E-state index >= 15 is 0 Å². The lowest BCUT2D eigenvalue weighted by atomic mass is 9.97. The van der Waals surface area contributed by atoms with E-state index in [0.717, 1.165) is 58.4 Å². The summed E-state index contributed by atoms with van der Waals surface area (Å²) in [6.45, 7) is 0.103. The number of anilines is 2. The topological polar surface area (TPSA) is 101 Å². The highest BCUT2D eigenvalue weighted by molar-refractivity contribution is 6.07. The molecule has 0 atom stereocenters. The second-order valence-electron chi connectivity index (χ2n) is 8.50. The van der Waals surface area contributed by atoms with Gasteiger partial charge in [-0.25, -0.2) is 13.6 Å². The van der Waals surface area contributed by atoms with E-state index in [1.54, 1.807) is 24.3 Å². The number of nitrogens with two attached hydrogens (primary N) is 1. The zero-order chi connectivity index (χ0) is 24.9. The van der Waals surface area contributed by atoms with E-state index in [4.69, 9.17) is 5.73 Å². The first-order chi connectivity index (χ1) is 16.8. The molecule has 2 aromatic carbocycles. The SMILES string of the molecule is Nc1c(N(CCC2=CCCCC2)C(=O)c2ccc(F)cc2F)c(=O)[nH]c(=O)n1Cc1ccccc1. The highest BCUT2D eigenvalue weighted by atomic mass is 19.1. The van der Waals surface area contributed by atoms with Gasteiger partial charge in [0.05, 0.1) is 12.1 Å². The van der Waals surface area contributed by atoms with Crippen molar-refractivity contribution in [2.45, 2.75) is 38.6 Å². The third-order valence-electron chi connectivity index (χ3n) is 6.12. The van der Waals surface area contributed by atoms with Gasteiger partial charge in [0.2, 0.25) is 0 Å². The molecule has 1 aliphatic carbocycles. The van der Waals surface area contributed by atoms with Crippen molar-refractivity contribution in [2.75, 3.05) is 17.2 Å². The van der Waals surface area contributed by atoms with E-state index in [-0.39, 0.29) is 24.6 Å². The maximum atomic E-state index is 14.5. The Balaban J connectivity index is 1.79. The fraction of sp³-hybridized carbons (Fsp3) is 0.269. The van der Waals surface area contributed by atoms with Gasteiger partial charge in [-0.05, 0) is 49.8 Å². The summed E-state index contributed by atoms with van der Waals surface area (Å²) in [6, 6.07) is 11.6. The molecule has 0 saturated heterocycles. The molecule has 0 fully saturated rings. The zero-order valence-electron chi connectivity index (χ0n) is 19.1. The lowest BCUT2D eigenvalue weighted by molar-refractivity contribution is 0.0983. The smallest absolute Gasteiger partial charge is 0.330 e. The Morgan fingerprint density at radius 1 is 1.09 bits per heavy atom. The Bertz CT molecular complexity index is 1380. The molecule has 9 heteroatoms. The van der Waals surface area contributed by atoms with Crippen molar-refractivity contribution in [2.24, 2.45) is 0 Å². The number of hydrogen-bond acceptors (Lipinski definition) is 4. The number of H-pyrrole nitrogens is 1. The van der Waals surface area contributed by atoms with Crippen LogP contribution in [0.2, 0.25) is 0 Å². The van der Waals surface area contributed by atoms with Crippen LogP contribution in [0.5, 0.6) is 0 Å². The molecule has 0 bridgehead atoms. The average Bonchev–Trinajstić information content (AvgIpc) is 2.84. The molecule has 35 heavy (non-hydrogen) atoms. The second kappa shape index (κ2) is 10.5. The van der Waals surface area contributed by atoms with Crippen LogP contribution >= 0.6 is 0 Å². The lowest BCUT2D eigenvalue weighted by Gasteiger charge is -2.26. The lowest BCUT2D eigenvalue weighted by Crippen LogP contribution is -2.42. The van der Waals surface area contributed by atoms with Gasteiger partial charge in [0.25, 0.3) is 11.5 Å². The summed E-state index contributed by atoms with van der Waals surface area (Å²) >= 11 is 0. The molecular weight excluding hydrogens is 454 g/mol. The van der Waals surface area contributed by atoms with Crippen molar-refractivity contribution in [1.82, 2.24) is 9.55 Å². The number of nitrogens with one attached hydrogen (secondary N) is 1. The number of benzene rings is 2. The number of hydrogen-bond donors (Lipinski definition) is 2. The highest BCUT2D eigenvalue weighted by Gasteiger charge is 2.27. The number of carbonyl (C=O) groups excluding carboxylic acids is 1. The molecule has 1 heterocycles. The number of rotatable bonds is 7. The summed E-state index contributed by atoms with van der Waals surface area (Å²) in [5.74, 6) is -2.94. The number of nitrogens with zero attached hydrogens (tertiary/aromatic N) is 2. The number of aromatic nitrogens is 2. The van der Waals surface area contributed by atoms with Crippen LogP contribution in [0.3, 0.4) is 0 Å². The third kappa shape index (κ3) is 5.40. The Labute approximate surface area is 200 Å². The highest BCUT2D eigenvalue weighted by Crippen LogP contribution is 2.25. The van der Waals surface area contributed by atoms with Crippen molar-refractivity contribution in [3.05, 3.63) is 104 Å². The molecule has 1 amide bonds. The third-order valence-corrected chi connectivity index (χ3v) is 6.12. The van der Waals surface area contributed by atoms with Crippen LogP contribution in [0.1, 0.15) is 48.0 Å². The maximum absolute atomic E-state index is 14.5. The largest absolute Gasteiger partial charge is 0.383 e. The predicted octanol–water partition coefficient (Wildman–Crippen LogP) is 3.98. The zero-order valence-corrected chi connectivity index (χ0v) is 19.1. The molecule has 1 aliphatic rings. The van der Waals surface area contributed by atoms with Gasteiger partial charge in [0, 0.05) is 12.6 Å². The number of nitrogen functional groups attached to an aromatic ring is 1. The second-order valence-corrected chi connectivity index (χ2v) is 8.50. The van der Waals surface area contributed by atoms with Crippen molar-refractivity contribution < 1.29 is 13.6 Å². The number of halogens is 2. The summed E-state index contributed by atoms with van der Waals surface area (Å²) in [4.78, 5) is 42.3. The molecule has 0 unspecified atom stereocenters. The van der Waals surface area contributed by atoms with E-state index in [1.165, 1.54) is 0 Å². The summed E-state index contributed by atoms with van der Waals surface area (Å²) in [6.07, 6.45) is 6.47. The molecule has 7 nitrogen and oxygen atoms in total. The van der Waals surface area contributed by atoms with E-state index in [0.29, 0.717) is 12.5 Å². The van der Waals surface area contributed by atoms with Gasteiger partial charge in [-0.2, -0.15) is 0 Å². The number of carbonyl (C=O) groups is 1. The maximum Gasteiger partial charge on any atom is 0.330 e. The average molecular weight is 481 g/mol. The van der Waals surface area contributed by atoms with Crippen LogP contribution in [0.15, 0.2) is 69.8 Å². The Hall–Kier alpha value is -4.01. The molecular formula is C26H26F2N4O3.